The van der Waals surface area contributed by atoms with Crippen LogP contribution in [0.5, 0.6) is 0 Å². The molecule has 0 rings (SSSR count). The Morgan fingerprint density at radius 2 is 1.48 bits per heavy atom. The van der Waals surface area contributed by atoms with Crippen LogP contribution in [0.3, 0.4) is 0 Å². The van der Waals surface area contributed by atoms with E-state index >= 15 is 0 Å². The molecule has 0 aliphatic carbocycles. The molecule has 11 nitrogen and oxygen atoms in total. The van der Waals surface area contributed by atoms with Crippen molar-refractivity contribution in [3.8, 4) is 0 Å². The molecule has 0 saturated heterocycles. The van der Waals surface area contributed by atoms with Gasteiger partial charge in [-0.15, -0.1) is 0 Å². The van der Waals surface area contributed by atoms with Crippen molar-refractivity contribution in [2.75, 3.05) is 6.61 Å². The van der Waals surface area contributed by atoms with Crippen LogP contribution >= 0.6 is 0 Å². The number of hydrogen-bond acceptors (Lipinski definition) is 7. The van der Waals surface area contributed by atoms with E-state index in [2.05, 4.69) is 16.0 Å². The van der Waals surface area contributed by atoms with Gasteiger partial charge in [0.15, 0.2) is 0 Å². The number of carboxylic acid groups (broad SMARTS) is 1. The molecule has 0 aromatic heterocycles. The fourth-order valence-corrected chi connectivity index (χ4v) is 2.11. The SMILES string of the molecule is CC(C)CC(N)C(=O)NC(CO)C(=O)NC(C(=O)NC(C)C(=O)O)C(C)O. The maximum absolute atomic E-state index is 12.3. The van der Waals surface area contributed by atoms with Gasteiger partial charge in [0.25, 0.3) is 0 Å². The van der Waals surface area contributed by atoms with Gasteiger partial charge in [0.2, 0.25) is 17.7 Å². The number of carboxylic acids is 1. The summed E-state index contributed by atoms with van der Waals surface area (Å²) >= 11 is 0. The molecule has 8 N–H and O–H groups in total. The normalized spacial score (nSPS) is 16.6. The van der Waals surface area contributed by atoms with E-state index in [0.717, 1.165) is 0 Å². The summed E-state index contributed by atoms with van der Waals surface area (Å²) in [6.07, 6.45) is -0.981. The largest absolute Gasteiger partial charge is 0.480 e. The number of carbonyl (C=O) groups is 4. The van der Waals surface area contributed by atoms with Gasteiger partial charge >= 0.3 is 5.97 Å². The summed E-state index contributed by atoms with van der Waals surface area (Å²) in [5, 5.41) is 34.5. The number of nitrogens with two attached hydrogens (primary N) is 1. The zero-order valence-electron chi connectivity index (χ0n) is 15.9. The highest BCUT2D eigenvalue weighted by Crippen LogP contribution is 2.03. The summed E-state index contributed by atoms with van der Waals surface area (Å²) < 4.78 is 0. The first-order chi connectivity index (χ1) is 12.4. The summed E-state index contributed by atoms with van der Waals surface area (Å²) in [6.45, 7) is 5.42. The molecule has 3 amide bonds. The highest BCUT2D eigenvalue weighted by atomic mass is 16.4. The van der Waals surface area contributed by atoms with Crippen molar-refractivity contribution < 1.29 is 34.5 Å². The molecule has 5 atom stereocenters. The first kappa shape index (κ1) is 24.8. The molecule has 0 aliphatic rings. The van der Waals surface area contributed by atoms with Gasteiger partial charge in [-0.25, -0.2) is 0 Å². The Labute approximate surface area is 157 Å². The van der Waals surface area contributed by atoms with Crippen LogP contribution in [0.4, 0.5) is 0 Å². The van der Waals surface area contributed by atoms with E-state index in [0.29, 0.717) is 6.42 Å². The quantitative estimate of drug-likeness (QED) is 0.198. The number of rotatable bonds is 11. The summed E-state index contributed by atoms with van der Waals surface area (Å²) in [7, 11) is 0. The number of nitrogens with one attached hydrogen (secondary N) is 3. The van der Waals surface area contributed by atoms with Crippen molar-refractivity contribution in [2.45, 2.75) is 64.4 Å². The van der Waals surface area contributed by atoms with Crippen LogP contribution < -0.4 is 21.7 Å². The predicted octanol–water partition coefficient (Wildman–Crippen LogP) is -2.71. The van der Waals surface area contributed by atoms with Gasteiger partial charge in [-0.2, -0.15) is 0 Å². The third kappa shape index (κ3) is 8.80. The lowest BCUT2D eigenvalue weighted by Crippen LogP contribution is -2.60. The van der Waals surface area contributed by atoms with Crippen molar-refractivity contribution in [3.05, 3.63) is 0 Å². The van der Waals surface area contributed by atoms with E-state index in [-0.39, 0.29) is 5.92 Å². The lowest BCUT2D eigenvalue weighted by molar-refractivity contribution is -0.142. The van der Waals surface area contributed by atoms with E-state index in [1.807, 2.05) is 13.8 Å². The number of amides is 3. The average Bonchev–Trinajstić information content (AvgIpc) is 2.55. The number of aliphatic carboxylic acids is 1. The lowest BCUT2D eigenvalue weighted by atomic mass is 10.0. The van der Waals surface area contributed by atoms with Gasteiger partial charge in [-0.1, -0.05) is 13.8 Å². The monoisotopic (exact) mass is 390 g/mol. The predicted molar refractivity (Wildman–Crippen MR) is 95.3 cm³/mol. The molecule has 156 valence electrons. The third-order valence-electron chi connectivity index (χ3n) is 3.67. The number of hydrogen-bond donors (Lipinski definition) is 7. The van der Waals surface area contributed by atoms with Crippen molar-refractivity contribution in [1.82, 2.24) is 16.0 Å². The second kappa shape index (κ2) is 11.5. The van der Waals surface area contributed by atoms with Crippen molar-refractivity contribution in [1.29, 1.82) is 0 Å². The van der Waals surface area contributed by atoms with Crippen molar-refractivity contribution in [3.63, 3.8) is 0 Å². The molecule has 0 bridgehead atoms. The highest BCUT2D eigenvalue weighted by molar-refractivity contribution is 5.94. The smallest absolute Gasteiger partial charge is 0.325 e. The third-order valence-corrected chi connectivity index (χ3v) is 3.67. The lowest BCUT2D eigenvalue weighted by Gasteiger charge is -2.25. The fraction of sp³-hybridized carbons (Fsp3) is 0.750. The Kier molecular flexibility index (Phi) is 10.5. The summed E-state index contributed by atoms with van der Waals surface area (Å²) in [5.41, 5.74) is 5.72. The molecular formula is C16H30N4O7. The van der Waals surface area contributed by atoms with E-state index < -0.39 is 60.6 Å². The first-order valence-corrected chi connectivity index (χ1v) is 8.59. The first-order valence-electron chi connectivity index (χ1n) is 8.59. The van der Waals surface area contributed by atoms with Crippen LogP contribution in [-0.2, 0) is 19.2 Å². The Hall–Kier alpha value is -2.24. The van der Waals surface area contributed by atoms with Crippen LogP contribution in [0.25, 0.3) is 0 Å². The summed E-state index contributed by atoms with van der Waals surface area (Å²) in [6, 6.07) is -4.98. The second-order valence-electron chi connectivity index (χ2n) is 6.78. The van der Waals surface area contributed by atoms with E-state index in [4.69, 9.17) is 10.8 Å². The van der Waals surface area contributed by atoms with Crippen LogP contribution in [0.2, 0.25) is 0 Å². The highest BCUT2D eigenvalue weighted by Gasteiger charge is 2.31. The topological polar surface area (TPSA) is 191 Å². The minimum absolute atomic E-state index is 0.145. The Balaban J connectivity index is 5.00. The maximum atomic E-state index is 12.3. The molecule has 0 radical (unpaired) electrons. The maximum Gasteiger partial charge on any atom is 0.325 e. The molecule has 0 fully saturated rings. The summed E-state index contributed by atoms with van der Waals surface area (Å²) in [5.74, 6) is -3.64. The minimum Gasteiger partial charge on any atom is -0.480 e. The average molecular weight is 390 g/mol. The molecule has 0 saturated carbocycles. The number of carbonyl (C=O) groups excluding carboxylic acids is 3. The fourth-order valence-electron chi connectivity index (χ4n) is 2.11. The molecular weight excluding hydrogens is 360 g/mol. The Bertz CT molecular complexity index is 539. The van der Waals surface area contributed by atoms with E-state index in [9.17, 15) is 29.4 Å². The summed E-state index contributed by atoms with van der Waals surface area (Å²) in [4.78, 5) is 47.2. The molecule has 0 spiro atoms. The van der Waals surface area contributed by atoms with Gasteiger partial charge in [0.1, 0.15) is 18.1 Å². The van der Waals surface area contributed by atoms with Crippen LogP contribution in [0, 0.1) is 5.92 Å². The van der Waals surface area contributed by atoms with Gasteiger partial charge in [0, 0.05) is 0 Å². The molecule has 5 unspecified atom stereocenters. The number of aliphatic hydroxyl groups excluding tert-OH is 2. The van der Waals surface area contributed by atoms with Crippen molar-refractivity contribution >= 4 is 23.7 Å². The van der Waals surface area contributed by atoms with Gasteiger partial charge in [-0.3, -0.25) is 19.2 Å². The van der Waals surface area contributed by atoms with Crippen LogP contribution in [0.15, 0.2) is 0 Å². The molecule has 0 aromatic carbocycles. The zero-order valence-corrected chi connectivity index (χ0v) is 15.9. The van der Waals surface area contributed by atoms with E-state index in [1.54, 1.807) is 0 Å². The van der Waals surface area contributed by atoms with Crippen LogP contribution in [-0.4, -0.2) is 75.9 Å². The van der Waals surface area contributed by atoms with Crippen molar-refractivity contribution in [2.24, 2.45) is 11.7 Å². The minimum atomic E-state index is -1.48. The van der Waals surface area contributed by atoms with E-state index in [1.165, 1.54) is 13.8 Å². The zero-order chi connectivity index (χ0) is 21.3. The molecule has 0 aliphatic heterocycles. The van der Waals surface area contributed by atoms with Gasteiger partial charge in [-0.05, 0) is 26.2 Å². The standard InChI is InChI=1S/C16H30N4O7/c1-7(2)5-10(17)13(23)19-11(6-21)14(24)20-12(9(4)22)15(25)18-8(3)16(26)27/h7-12,21-22H,5-6,17H2,1-4H3,(H,18,25)(H,19,23)(H,20,24)(H,26,27). The Morgan fingerprint density at radius 3 is 1.89 bits per heavy atom. The second-order valence-corrected chi connectivity index (χ2v) is 6.78. The Morgan fingerprint density at radius 1 is 0.926 bits per heavy atom. The van der Waals surface area contributed by atoms with Crippen LogP contribution in [0.1, 0.15) is 34.1 Å². The molecule has 11 heteroatoms. The molecule has 0 heterocycles. The molecule has 27 heavy (non-hydrogen) atoms. The number of aliphatic hydroxyl groups is 2. The van der Waals surface area contributed by atoms with Gasteiger partial charge < -0.3 is 37.0 Å². The molecule has 0 aromatic rings. The van der Waals surface area contributed by atoms with Gasteiger partial charge in [0.05, 0.1) is 18.8 Å².